The fourth-order valence-electron chi connectivity index (χ4n) is 2.75. The van der Waals surface area contributed by atoms with Crippen molar-refractivity contribution in [3.05, 3.63) is 60.0 Å². The van der Waals surface area contributed by atoms with Crippen LogP contribution in [0.2, 0.25) is 0 Å². The van der Waals surface area contributed by atoms with E-state index in [0.717, 1.165) is 35.2 Å². The van der Waals surface area contributed by atoms with E-state index in [9.17, 15) is 4.79 Å². The van der Waals surface area contributed by atoms with Crippen LogP contribution in [0, 0.1) is 0 Å². The summed E-state index contributed by atoms with van der Waals surface area (Å²) in [4.78, 5) is 19.0. The number of pyridine rings is 1. The van der Waals surface area contributed by atoms with Crippen LogP contribution < -0.4 is 4.74 Å². The molecule has 2 heterocycles. The van der Waals surface area contributed by atoms with Crippen LogP contribution in [0.15, 0.2) is 48.9 Å². The number of rotatable bonds is 5. The minimum absolute atomic E-state index is 0.0522. The average molecular weight is 323 g/mol. The van der Waals surface area contributed by atoms with Gasteiger partial charge in [0.1, 0.15) is 5.75 Å². The molecule has 1 aromatic carbocycles. The van der Waals surface area contributed by atoms with Gasteiger partial charge in [-0.3, -0.25) is 14.3 Å². The first kappa shape index (κ1) is 16.2. The summed E-state index contributed by atoms with van der Waals surface area (Å²) in [6.07, 6.45) is 6.08. The summed E-state index contributed by atoms with van der Waals surface area (Å²) in [5.41, 5.74) is 2.66. The zero-order valence-electron chi connectivity index (χ0n) is 14.2. The van der Waals surface area contributed by atoms with Gasteiger partial charge in [0.25, 0.3) is 5.91 Å². The zero-order valence-corrected chi connectivity index (χ0v) is 14.2. The number of carbonyl (C=O) groups excluding carboxylic acids is 1. The highest BCUT2D eigenvalue weighted by molar-refractivity contribution is 6.03. The van der Waals surface area contributed by atoms with Crippen molar-refractivity contribution in [1.82, 2.24) is 14.5 Å². The van der Waals surface area contributed by atoms with E-state index >= 15 is 0 Å². The first-order valence-electron chi connectivity index (χ1n) is 7.87. The van der Waals surface area contributed by atoms with Crippen molar-refractivity contribution in [2.45, 2.75) is 6.42 Å². The van der Waals surface area contributed by atoms with Gasteiger partial charge in [0.2, 0.25) is 0 Å². The van der Waals surface area contributed by atoms with E-state index in [-0.39, 0.29) is 5.91 Å². The Morgan fingerprint density at radius 2 is 1.96 bits per heavy atom. The van der Waals surface area contributed by atoms with Crippen LogP contribution >= 0.6 is 0 Å². The maximum Gasteiger partial charge on any atom is 0.262 e. The lowest BCUT2D eigenvalue weighted by Gasteiger charge is -2.08. The molecule has 0 aliphatic heterocycles. The van der Waals surface area contributed by atoms with Crippen molar-refractivity contribution in [2.75, 3.05) is 27.7 Å². The molecule has 0 radical (unpaired) electrons. The monoisotopic (exact) mass is 323 g/mol. The molecule has 3 aromatic rings. The number of ether oxygens (including phenoxy) is 1. The molecule has 0 aliphatic rings. The molecule has 0 saturated heterocycles. The summed E-state index contributed by atoms with van der Waals surface area (Å²) in [6, 6.07) is 9.28. The van der Waals surface area contributed by atoms with Crippen LogP contribution in [-0.2, 0) is 6.42 Å². The van der Waals surface area contributed by atoms with Gasteiger partial charge < -0.3 is 9.64 Å². The number of aromatic nitrogens is 2. The molecular weight excluding hydrogens is 302 g/mol. The van der Waals surface area contributed by atoms with Gasteiger partial charge >= 0.3 is 0 Å². The van der Waals surface area contributed by atoms with Gasteiger partial charge in [0.05, 0.1) is 12.6 Å². The van der Waals surface area contributed by atoms with Gasteiger partial charge in [-0.25, -0.2) is 0 Å². The van der Waals surface area contributed by atoms with Crippen molar-refractivity contribution < 1.29 is 9.53 Å². The van der Waals surface area contributed by atoms with Gasteiger partial charge in [-0.15, -0.1) is 0 Å². The molecule has 3 rings (SSSR count). The van der Waals surface area contributed by atoms with Gasteiger partial charge in [-0.2, -0.15) is 0 Å². The number of carbonyl (C=O) groups is 1. The predicted octanol–water partition coefficient (Wildman–Crippen LogP) is 2.84. The topological polar surface area (TPSA) is 47.4 Å². The molecule has 0 unspecified atom stereocenters. The second-order valence-corrected chi connectivity index (χ2v) is 6.00. The molecule has 5 nitrogen and oxygen atoms in total. The summed E-state index contributed by atoms with van der Waals surface area (Å²) in [5.74, 6) is 0.742. The number of benzene rings is 1. The number of hydrogen-bond acceptors (Lipinski definition) is 4. The summed E-state index contributed by atoms with van der Waals surface area (Å²) >= 11 is 0. The van der Waals surface area contributed by atoms with Crippen LogP contribution in [0.5, 0.6) is 5.75 Å². The number of hydrogen-bond donors (Lipinski definition) is 0. The molecule has 0 aliphatic carbocycles. The van der Waals surface area contributed by atoms with E-state index < -0.39 is 0 Å². The summed E-state index contributed by atoms with van der Waals surface area (Å²) in [6.45, 7) is 0.916. The largest absolute Gasteiger partial charge is 0.497 e. The Kier molecular flexibility index (Phi) is 4.62. The smallest absolute Gasteiger partial charge is 0.262 e. The molecule has 0 amide bonds. The van der Waals surface area contributed by atoms with Crippen molar-refractivity contribution >= 4 is 16.8 Å². The van der Waals surface area contributed by atoms with Crippen LogP contribution in [0.4, 0.5) is 0 Å². The molecule has 0 saturated carbocycles. The first-order valence-corrected chi connectivity index (χ1v) is 7.87. The lowest BCUT2D eigenvalue weighted by molar-refractivity contribution is 0.0964. The minimum atomic E-state index is -0.0522. The Hall–Kier alpha value is -2.66. The standard InChI is InChI=1S/C19H21N3O2/c1-21(2)11-8-15-13-22(19(23)14-6-9-20-10-7-14)18-5-4-16(24-3)12-17(15)18/h4-7,9-10,12-13H,8,11H2,1-3H3. The fraction of sp³-hybridized carbons (Fsp3) is 0.263. The Bertz CT molecular complexity index is 854. The Balaban J connectivity index is 2.09. The molecule has 0 spiro atoms. The third kappa shape index (κ3) is 3.16. The predicted molar refractivity (Wildman–Crippen MR) is 94.7 cm³/mol. The van der Waals surface area contributed by atoms with Gasteiger partial charge in [0.15, 0.2) is 0 Å². The van der Waals surface area contributed by atoms with Crippen LogP contribution in [0.25, 0.3) is 10.9 Å². The lowest BCUT2D eigenvalue weighted by atomic mass is 10.1. The first-order chi connectivity index (χ1) is 11.6. The van der Waals surface area contributed by atoms with Crippen molar-refractivity contribution in [2.24, 2.45) is 0 Å². The van der Waals surface area contributed by atoms with Crippen molar-refractivity contribution in [3.8, 4) is 5.75 Å². The molecule has 0 bridgehead atoms. The Morgan fingerprint density at radius 3 is 2.62 bits per heavy atom. The SMILES string of the molecule is COc1ccc2c(c1)c(CCN(C)C)cn2C(=O)c1ccncc1. The van der Waals surface area contributed by atoms with Gasteiger partial charge in [0, 0.05) is 36.1 Å². The quantitative estimate of drug-likeness (QED) is 0.724. The zero-order chi connectivity index (χ0) is 17.1. The van der Waals surface area contributed by atoms with Crippen LogP contribution in [-0.4, -0.2) is 48.1 Å². The third-order valence-electron chi connectivity index (χ3n) is 4.07. The van der Waals surface area contributed by atoms with E-state index in [1.807, 2.05) is 38.5 Å². The van der Waals surface area contributed by atoms with E-state index in [4.69, 9.17) is 4.74 Å². The van der Waals surface area contributed by atoms with E-state index in [1.54, 1.807) is 36.2 Å². The molecule has 124 valence electrons. The highest BCUT2D eigenvalue weighted by Gasteiger charge is 2.16. The number of nitrogens with zero attached hydrogens (tertiary/aromatic N) is 3. The second-order valence-electron chi connectivity index (χ2n) is 6.00. The normalized spacial score (nSPS) is 11.2. The van der Waals surface area contributed by atoms with E-state index in [0.29, 0.717) is 5.56 Å². The summed E-state index contributed by atoms with van der Waals surface area (Å²) in [7, 11) is 5.74. The number of likely N-dealkylation sites (N-methyl/N-ethyl adjacent to an activating group) is 1. The maximum atomic E-state index is 12.9. The molecule has 5 heteroatoms. The van der Waals surface area contributed by atoms with Crippen LogP contribution in [0.3, 0.4) is 0 Å². The minimum Gasteiger partial charge on any atom is -0.497 e. The Morgan fingerprint density at radius 1 is 1.21 bits per heavy atom. The van der Waals surface area contributed by atoms with Gasteiger partial charge in [-0.1, -0.05) is 0 Å². The fourth-order valence-corrected chi connectivity index (χ4v) is 2.75. The molecule has 2 aromatic heterocycles. The average Bonchev–Trinajstić information content (AvgIpc) is 2.97. The number of methoxy groups -OCH3 is 1. The molecule has 0 fully saturated rings. The number of fused-ring (bicyclic) bond motifs is 1. The van der Waals surface area contributed by atoms with Crippen molar-refractivity contribution in [3.63, 3.8) is 0 Å². The lowest BCUT2D eigenvalue weighted by Crippen LogP contribution is -2.15. The summed E-state index contributed by atoms with van der Waals surface area (Å²) < 4.78 is 7.06. The van der Waals surface area contributed by atoms with Crippen molar-refractivity contribution in [1.29, 1.82) is 0 Å². The molecule has 24 heavy (non-hydrogen) atoms. The second kappa shape index (κ2) is 6.84. The Labute approximate surface area is 141 Å². The molecular formula is C19H21N3O2. The maximum absolute atomic E-state index is 12.9. The highest BCUT2D eigenvalue weighted by Crippen LogP contribution is 2.27. The summed E-state index contributed by atoms with van der Waals surface area (Å²) in [5, 5.41) is 1.05. The third-order valence-corrected chi connectivity index (χ3v) is 4.07. The van der Waals surface area contributed by atoms with Gasteiger partial charge in [-0.05, 0) is 56.4 Å². The molecule has 0 N–H and O–H groups in total. The van der Waals surface area contributed by atoms with E-state index in [1.165, 1.54) is 0 Å². The highest BCUT2D eigenvalue weighted by atomic mass is 16.5. The van der Waals surface area contributed by atoms with E-state index in [2.05, 4.69) is 9.88 Å². The molecule has 0 atom stereocenters. The van der Waals surface area contributed by atoms with Crippen LogP contribution in [0.1, 0.15) is 15.9 Å².